The van der Waals surface area contributed by atoms with Crippen molar-refractivity contribution in [2.45, 2.75) is 19.4 Å². The lowest BCUT2D eigenvalue weighted by atomic mass is 10.1. The highest BCUT2D eigenvalue weighted by Crippen LogP contribution is 2.34. The monoisotopic (exact) mass is 285 g/mol. The van der Waals surface area contributed by atoms with Crippen LogP contribution < -0.4 is 11.5 Å². The molecule has 0 bridgehead atoms. The van der Waals surface area contributed by atoms with Crippen LogP contribution in [-0.2, 0) is 13.0 Å². The quantitative estimate of drug-likeness (QED) is 0.888. The molecule has 0 saturated heterocycles. The molecule has 0 unspecified atom stereocenters. The van der Waals surface area contributed by atoms with Crippen LogP contribution in [0.1, 0.15) is 12.0 Å². The van der Waals surface area contributed by atoms with Gasteiger partial charge in [-0.1, -0.05) is 29.3 Å². The first-order valence-corrected chi connectivity index (χ1v) is 6.80. The van der Waals surface area contributed by atoms with Crippen LogP contribution in [-0.4, -0.2) is 17.7 Å². The number of aromatic nitrogens is 1. The van der Waals surface area contributed by atoms with Crippen LogP contribution in [0.3, 0.4) is 0 Å². The Labute approximate surface area is 117 Å². The molecule has 1 aromatic carbocycles. The zero-order valence-corrected chi connectivity index (χ0v) is 11.6. The Balaban J connectivity index is 2.57. The summed E-state index contributed by atoms with van der Waals surface area (Å²) in [6, 6.07) is 3.84. The molecule has 4 N–H and O–H groups in total. The first kappa shape index (κ1) is 13.7. The normalized spacial score (nSPS) is 11.3. The highest BCUT2D eigenvalue weighted by atomic mass is 35.5. The third-order valence-electron chi connectivity index (χ3n) is 3.03. The molecule has 0 aliphatic heterocycles. The van der Waals surface area contributed by atoms with Gasteiger partial charge in [0.2, 0.25) is 0 Å². The summed E-state index contributed by atoms with van der Waals surface area (Å²) < 4.78 is 2.13. The van der Waals surface area contributed by atoms with Crippen molar-refractivity contribution in [3.05, 3.63) is 33.9 Å². The van der Waals surface area contributed by atoms with Gasteiger partial charge in [0.05, 0.1) is 15.6 Å². The van der Waals surface area contributed by atoms with Gasteiger partial charge >= 0.3 is 0 Å². The van der Waals surface area contributed by atoms with Gasteiger partial charge in [-0.15, -0.1) is 0 Å². The Morgan fingerprint density at radius 2 is 1.89 bits per heavy atom. The van der Waals surface area contributed by atoms with E-state index in [0.29, 0.717) is 23.1 Å². The van der Waals surface area contributed by atoms with Gasteiger partial charge in [0, 0.05) is 18.1 Å². The third kappa shape index (κ3) is 2.50. The van der Waals surface area contributed by atoms with E-state index in [0.717, 1.165) is 30.3 Å². The first-order valence-electron chi connectivity index (χ1n) is 6.05. The number of nitrogens with zero attached hydrogens (tertiary/aromatic N) is 1. The molecular weight excluding hydrogens is 269 g/mol. The van der Waals surface area contributed by atoms with Crippen molar-refractivity contribution < 1.29 is 0 Å². The zero-order valence-electron chi connectivity index (χ0n) is 10.1. The van der Waals surface area contributed by atoms with Crippen LogP contribution in [0.25, 0.3) is 10.9 Å². The molecule has 0 amide bonds. The molecule has 2 rings (SSSR count). The number of aryl methyl sites for hydroxylation is 1. The Bertz CT molecular complexity index is 549. The standard InChI is InChI=1S/C13H17Cl2N3/c14-11-3-2-10-9(4-6-17)8-18(7-1-5-16)13(10)12(11)15/h2-3,8H,1,4-7,16-17H2. The Morgan fingerprint density at radius 1 is 1.11 bits per heavy atom. The van der Waals surface area contributed by atoms with E-state index in [1.165, 1.54) is 5.56 Å². The first-order chi connectivity index (χ1) is 8.69. The Morgan fingerprint density at radius 3 is 2.56 bits per heavy atom. The van der Waals surface area contributed by atoms with Gasteiger partial charge in [0.1, 0.15) is 0 Å². The molecule has 0 aliphatic carbocycles. The number of hydrogen-bond donors (Lipinski definition) is 2. The Kier molecular flexibility index (Phi) is 4.51. The van der Waals surface area contributed by atoms with E-state index < -0.39 is 0 Å². The lowest BCUT2D eigenvalue weighted by Gasteiger charge is -2.06. The fourth-order valence-electron chi connectivity index (χ4n) is 2.19. The van der Waals surface area contributed by atoms with E-state index >= 15 is 0 Å². The van der Waals surface area contributed by atoms with E-state index in [1.807, 2.05) is 12.1 Å². The maximum absolute atomic E-state index is 6.31. The number of fused-ring (bicyclic) bond motifs is 1. The van der Waals surface area contributed by atoms with Gasteiger partial charge < -0.3 is 16.0 Å². The topological polar surface area (TPSA) is 57.0 Å². The highest BCUT2D eigenvalue weighted by molar-refractivity contribution is 6.45. The predicted molar refractivity (Wildman–Crippen MR) is 78.4 cm³/mol. The number of halogens is 2. The number of benzene rings is 1. The van der Waals surface area contributed by atoms with Gasteiger partial charge in [-0.3, -0.25) is 0 Å². The minimum atomic E-state index is 0.579. The smallest absolute Gasteiger partial charge is 0.0835 e. The predicted octanol–water partition coefficient (Wildman–Crippen LogP) is 2.80. The van der Waals surface area contributed by atoms with Crippen molar-refractivity contribution in [1.29, 1.82) is 0 Å². The van der Waals surface area contributed by atoms with Crippen molar-refractivity contribution >= 4 is 34.1 Å². The highest BCUT2D eigenvalue weighted by Gasteiger charge is 2.13. The maximum Gasteiger partial charge on any atom is 0.0835 e. The molecule has 98 valence electrons. The molecule has 0 atom stereocenters. The zero-order chi connectivity index (χ0) is 13.1. The minimum absolute atomic E-state index is 0.579. The molecule has 3 nitrogen and oxygen atoms in total. The summed E-state index contributed by atoms with van der Waals surface area (Å²) in [7, 11) is 0. The molecule has 18 heavy (non-hydrogen) atoms. The second kappa shape index (κ2) is 5.93. The molecule has 0 aliphatic rings. The third-order valence-corrected chi connectivity index (χ3v) is 3.83. The van der Waals surface area contributed by atoms with E-state index in [2.05, 4.69) is 10.8 Å². The number of rotatable bonds is 5. The summed E-state index contributed by atoms with van der Waals surface area (Å²) in [5, 5.41) is 2.32. The molecule has 2 aromatic rings. The van der Waals surface area contributed by atoms with E-state index in [1.54, 1.807) is 0 Å². The minimum Gasteiger partial charge on any atom is -0.346 e. The summed E-state index contributed by atoms with van der Waals surface area (Å²) in [4.78, 5) is 0. The average molecular weight is 286 g/mol. The summed E-state index contributed by atoms with van der Waals surface area (Å²) >= 11 is 12.4. The van der Waals surface area contributed by atoms with E-state index in [-0.39, 0.29) is 0 Å². The molecule has 1 heterocycles. The molecule has 5 heteroatoms. The fourth-order valence-corrected chi connectivity index (χ4v) is 2.62. The van der Waals surface area contributed by atoms with Crippen LogP contribution in [0.15, 0.2) is 18.3 Å². The lowest BCUT2D eigenvalue weighted by Crippen LogP contribution is -2.05. The second-order valence-electron chi connectivity index (χ2n) is 4.29. The second-order valence-corrected chi connectivity index (χ2v) is 5.07. The van der Waals surface area contributed by atoms with Crippen LogP contribution in [0, 0.1) is 0 Å². The van der Waals surface area contributed by atoms with Crippen molar-refractivity contribution in [2.24, 2.45) is 11.5 Å². The van der Waals surface area contributed by atoms with Crippen molar-refractivity contribution in [3.8, 4) is 0 Å². The van der Waals surface area contributed by atoms with Gasteiger partial charge in [0.15, 0.2) is 0 Å². The van der Waals surface area contributed by atoms with E-state index in [4.69, 9.17) is 34.7 Å². The molecule has 1 aromatic heterocycles. The molecule has 0 fully saturated rings. The van der Waals surface area contributed by atoms with Crippen LogP contribution in [0.4, 0.5) is 0 Å². The SMILES string of the molecule is NCCCn1cc(CCN)c2ccc(Cl)c(Cl)c21. The summed E-state index contributed by atoms with van der Waals surface area (Å²) in [5.41, 5.74) is 13.4. The van der Waals surface area contributed by atoms with Crippen molar-refractivity contribution in [3.63, 3.8) is 0 Å². The van der Waals surface area contributed by atoms with Crippen molar-refractivity contribution in [1.82, 2.24) is 4.57 Å². The fraction of sp³-hybridized carbons (Fsp3) is 0.385. The average Bonchev–Trinajstić information content (AvgIpc) is 2.71. The molecule has 0 radical (unpaired) electrons. The summed E-state index contributed by atoms with van der Waals surface area (Å²) in [6.45, 7) is 2.12. The van der Waals surface area contributed by atoms with Gasteiger partial charge in [-0.25, -0.2) is 0 Å². The summed E-state index contributed by atoms with van der Waals surface area (Å²) in [6.07, 6.45) is 3.86. The van der Waals surface area contributed by atoms with Crippen LogP contribution in [0.2, 0.25) is 10.0 Å². The van der Waals surface area contributed by atoms with Crippen LogP contribution in [0.5, 0.6) is 0 Å². The van der Waals surface area contributed by atoms with Gasteiger partial charge in [0.25, 0.3) is 0 Å². The van der Waals surface area contributed by atoms with Gasteiger partial charge in [-0.2, -0.15) is 0 Å². The molecular formula is C13H17Cl2N3. The summed E-state index contributed by atoms with van der Waals surface area (Å²) in [5.74, 6) is 0. The lowest BCUT2D eigenvalue weighted by molar-refractivity contribution is 0.668. The maximum atomic E-state index is 6.31. The van der Waals surface area contributed by atoms with Gasteiger partial charge in [-0.05, 0) is 37.6 Å². The van der Waals surface area contributed by atoms with Crippen molar-refractivity contribution in [2.75, 3.05) is 13.1 Å². The molecule has 0 saturated carbocycles. The largest absolute Gasteiger partial charge is 0.346 e. The number of hydrogen-bond acceptors (Lipinski definition) is 2. The molecule has 0 spiro atoms. The number of nitrogens with two attached hydrogens (primary N) is 2. The van der Waals surface area contributed by atoms with E-state index in [9.17, 15) is 0 Å². The Hall–Kier alpha value is -0.740. The van der Waals surface area contributed by atoms with Crippen LogP contribution >= 0.6 is 23.2 Å².